The second kappa shape index (κ2) is 11.1. The number of aryl methyl sites for hydroxylation is 1. The van der Waals surface area contributed by atoms with Crippen LogP contribution in [0.25, 0.3) is 82.7 Å². The topological polar surface area (TPSA) is 41.1 Å². The Bertz CT molecular complexity index is 2710. The predicted octanol–water partition coefficient (Wildman–Crippen LogP) is 11.6. The summed E-state index contributed by atoms with van der Waals surface area (Å²) in [5.74, 6) is 0. The van der Waals surface area contributed by atoms with Gasteiger partial charge in [-0.1, -0.05) is 121 Å². The van der Waals surface area contributed by atoms with Gasteiger partial charge < -0.3 is 0 Å². The number of rotatable bonds is 4. The molecule has 224 valence electrons. The molecule has 0 amide bonds. The fraction of sp³-hybridized carbons (Fsp3) is 0.0222. The summed E-state index contributed by atoms with van der Waals surface area (Å²) >= 11 is 0. The van der Waals surface area contributed by atoms with Crippen LogP contribution in [0.4, 0.5) is 0 Å². The van der Waals surface area contributed by atoms with E-state index in [-0.39, 0.29) is 0 Å². The summed E-state index contributed by atoms with van der Waals surface area (Å²) in [6.45, 7) is 2.11. The Morgan fingerprint density at radius 3 is 1.69 bits per heavy atom. The Kier molecular flexibility index (Phi) is 6.42. The Morgan fingerprint density at radius 1 is 0.521 bits per heavy atom. The molecule has 9 aromatic rings. The van der Waals surface area contributed by atoms with Gasteiger partial charge in [-0.05, 0) is 103 Å². The average Bonchev–Trinajstić information content (AvgIpc) is 3.49. The van der Waals surface area contributed by atoms with Crippen LogP contribution in [0.15, 0.2) is 158 Å². The molecule has 0 aliphatic carbocycles. The number of aromatic nitrogens is 2. The van der Waals surface area contributed by atoms with E-state index in [9.17, 15) is 0 Å². The lowest BCUT2D eigenvalue weighted by atomic mass is 9.90. The van der Waals surface area contributed by atoms with Crippen LogP contribution in [0.5, 0.6) is 0 Å². The number of nitrogens with zero attached hydrogens (tertiary/aromatic N) is 3. The number of nitriles is 1. The number of imidazole rings is 1. The molecular weight excluding hydrogens is 583 g/mol. The van der Waals surface area contributed by atoms with Gasteiger partial charge in [-0.3, -0.25) is 4.40 Å². The smallest absolute Gasteiger partial charge is 0.138 e. The highest BCUT2D eigenvalue weighted by Crippen LogP contribution is 2.38. The minimum atomic E-state index is 0.672. The lowest BCUT2D eigenvalue weighted by Crippen LogP contribution is -1.89. The van der Waals surface area contributed by atoms with Gasteiger partial charge in [0.25, 0.3) is 0 Å². The highest BCUT2D eigenvalue weighted by Gasteiger charge is 2.13. The van der Waals surface area contributed by atoms with Gasteiger partial charge in [-0.2, -0.15) is 5.26 Å². The summed E-state index contributed by atoms with van der Waals surface area (Å²) in [6, 6.07) is 56.0. The molecule has 2 heterocycles. The normalized spacial score (nSPS) is 11.4. The second-order valence-corrected chi connectivity index (χ2v) is 12.5. The van der Waals surface area contributed by atoms with Gasteiger partial charge in [0, 0.05) is 11.6 Å². The Balaban J connectivity index is 1.08. The van der Waals surface area contributed by atoms with Crippen LogP contribution in [0.2, 0.25) is 0 Å². The van der Waals surface area contributed by atoms with E-state index in [1.807, 2.05) is 24.3 Å². The van der Waals surface area contributed by atoms with Crippen molar-refractivity contribution in [1.82, 2.24) is 9.38 Å². The third-order valence-electron chi connectivity index (χ3n) is 9.53. The summed E-state index contributed by atoms with van der Waals surface area (Å²) < 4.78 is 2.21. The van der Waals surface area contributed by atoms with E-state index >= 15 is 0 Å². The first-order valence-electron chi connectivity index (χ1n) is 16.2. The molecule has 0 radical (unpaired) electrons. The van der Waals surface area contributed by atoms with Crippen LogP contribution >= 0.6 is 0 Å². The molecule has 9 rings (SSSR count). The third-order valence-corrected chi connectivity index (χ3v) is 9.53. The molecular formula is C45H29N3. The van der Waals surface area contributed by atoms with Crippen LogP contribution < -0.4 is 0 Å². The van der Waals surface area contributed by atoms with Gasteiger partial charge in [0.1, 0.15) is 5.65 Å². The van der Waals surface area contributed by atoms with Gasteiger partial charge in [-0.15, -0.1) is 0 Å². The van der Waals surface area contributed by atoms with Crippen LogP contribution in [0.3, 0.4) is 0 Å². The van der Waals surface area contributed by atoms with Crippen LogP contribution in [0, 0.1) is 18.3 Å². The first-order valence-corrected chi connectivity index (χ1v) is 16.2. The fourth-order valence-corrected chi connectivity index (χ4v) is 7.05. The first-order chi connectivity index (χ1) is 23.6. The first kappa shape index (κ1) is 27.8. The van der Waals surface area contributed by atoms with Crippen molar-refractivity contribution in [2.45, 2.75) is 6.92 Å². The van der Waals surface area contributed by atoms with Crippen molar-refractivity contribution in [2.24, 2.45) is 0 Å². The van der Waals surface area contributed by atoms with E-state index in [1.165, 1.54) is 60.5 Å². The van der Waals surface area contributed by atoms with Crippen molar-refractivity contribution in [2.75, 3.05) is 0 Å². The highest BCUT2D eigenvalue weighted by molar-refractivity contribution is 6.05. The zero-order chi connectivity index (χ0) is 32.2. The van der Waals surface area contributed by atoms with E-state index in [0.717, 1.165) is 27.8 Å². The molecule has 2 aromatic heterocycles. The van der Waals surface area contributed by atoms with Gasteiger partial charge >= 0.3 is 0 Å². The minimum absolute atomic E-state index is 0.672. The van der Waals surface area contributed by atoms with Gasteiger partial charge in [0.05, 0.1) is 22.7 Å². The zero-order valence-corrected chi connectivity index (χ0v) is 26.4. The van der Waals surface area contributed by atoms with Crippen molar-refractivity contribution in [1.29, 1.82) is 5.26 Å². The number of hydrogen-bond donors (Lipinski definition) is 0. The van der Waals surface area contributed by atoms with Crippen LogP contribution in [0.1, 0.15) is 11.1 Å². The maximum absolute atomic E-state index is 9.14. The summed E-state index contributed by atoms with van der Waals surface area (Å²) in [5, 5.41) is 14.0. The van der Waals surface area contributed by atoms with Gasteiger partial charge in [-0.25, -0.2) is 4.98 Å². The van der Waals surface area contributed by atoms with E-state index < -0.39 is 0 Å². The predicted molar refractivity (Wildman–Crippen MR) is 199 cm³/mol. The van der Waals surface area contributed by atoms with E-state index in [1.54, 1.807) is 0 Å². The van der Waals surface area contributed by atoms with E-state index in [0.29, 0.717) is 5.56 Å². The SMILES string of the molecule is Cc1ccc2c(c1)nc1cc3cccc(-c4ccc(-c5ccc(-c6ccc(-c7ccc(C#N)cc7)cc6)c6ccccc56)cc4)c3cn12. The number of benzene rings is 7. The van der Waals surface area contributed by atoms with Crippen molar-refractivity contribution in [3.8, 4) is 50.6 Å². The molecule has 0 spiro atoms. The summed E-state index contributed by atoms with van der Waals surface area (Å²) in [6.07, 6.45) is 2.24. The van der Waals surface area contributed by atoms with Crippen molar-refractivity contribution in [3.63, 3.8) is 0 Å². The Hall–Kier alpha value is -6.50. The third kappa shape index (κ3) is 4.63. The molecule has 3 nitrogen and oxygen atoms in total. The van der Waals surface area contributed by atoms with Gasteiger partial charge in [0.2, 0.25) is 0 Å². The number of pyridine rings is 1. The highest BCUT2D eigenvalue weighted by atomic mass is 15.0. The Morgan fingerprint density at radius 2 is 1.08 bits per heavy atom. The average molecular weight is 612 g/mol. The minimum Gasteiger partial charge on any atom is -0.299 e. The monoisotopic (exact) mass is 611 g/mol. The Labute approximate surface area is 278 Å². The standard InChI is InChI=1S/C45H29N3/c1-29-9-24-44-43(25-29)47-45-26-36-5-4-8-37(42(36)28-48(44)45)33-18-20-35(21-19-33)39-23-22-38(40-6-2-3-7-41(39)40)34-16-14-32(15-17-34)31-12-10-30(27-46)11-13-31/h2-26,28H,1H3. The molecule has 3 heteroatoms. The maximum atomic E-state index is 9.14. The van der Waals surface area contributed by atoms with E-state index in [4.69, 9.17) is 10.2 Å². The molecule has 0 saturated heterocycles. The lowest BCUT2D eigenvalue weighted by Gasteiger charge is -2.14. The molecule has 0 bridgehead atoms. The lowest BCUT2D eigenvalue weighted by molar-refractivity contribution is 1.25. The quantitative estimate of drug-likeness (QED) is 0.199. The molecule has 48 heavy (non-hydrogen) atoms. The molecule has 0 N–H and O–H groups in total. The largest absolute Gasteiger partial charge is 0.299 e. The number of fused-ring (bicyclic) bond motifs is 5. The number of hydrogen-bond acceptors (Lipinski definition) is 2. The maximum Gasteiger partial charge on any atom is 0.138 e. The molecule has 0 atom stereocenters. The van der Waals surface area contributed by atoms with Crippen LogP contribution in [-0.4, -0.2) is 9.38 Å². The van der Waals surface area contributed by atoms with Crippen molar-refractivity contribution >= 4 is 38.2 Å². The van der Waals surface area contributed by atoms with E-state index in [2.05, 4.69) is 151 Å². The molecule has 7 aromatic carbocycles. The van der Waals surface area contributed by atoms with Crippen LogP contribution in [-0.2, 0) is 0 Å². The zero-order valence-electron chi connectivity index (χ0n) is 26.4. The van der Waals surface area contributed by atoms with Crippen molar-refractivity contribution < 1.29 is 0 Å². The second-order valence-electron chi connectivity index (χ2n) is 12.5. The summed E-state index contributed by atoms with van der Waals surface area (Å²) in [5.41, 5.74) is 14.4. The molecule has 0 aliphatic rings. The molecule has 0 aliphatic heterocycles. The molecule has 0 fully saturated rings. The molecule has 0 unspecified atom stereocenters. The summed E-state index contributed by atoms with van der Waals surface area (Å²) in [7, 11) is 0. The fourth-order valence-electron chi connectivity index (χ4n) is 7.05. The van der Waals surface area contributed by atoms with Gasteiger partial charge in [0.15, 0.2) is 0 Å². The summed E-state index contributed by atoms with van der Waals surface area (Å²) in [4.78, 5) is 4.90. The molecule has 0 saturated carbocycles. The van der Waals surface area contributed by atoms with Crippen molar-refractivity contribution in [3.05, 3.63) is 169 Å².